The van der Waals surface area contributed by atoms with Crippen LogP contribution in [0.3, 0.4) is 0 Å². The Bertz CT molecular complexity index is 114. The van der Waals surface area contributed by atoms with Crippen LogP contribution in [-0.4, -0.2) is 37.1 Å². The number of hydrogen-bond donors (Lipinski definition) is 1. The largest absolute Gasteiger partial charge is 0.312 e. The number of rotatable bonds is 0. The van der Waals surface area contributed by atoms with Crippen LogP contribution < -0.4 is 5.32 Å². The van der Waals surface area contributed by atoms with Crippen LogP contribution in [0.25, 0.3) is 0 Å². The Morgan fingerprint density at radius 3 is 2.73 bits per heavy atom. The molecule has 0 amide bonds. The SMILES string of the molecule is CC.CN1CCC2C[C@H]1CN2. The van der Waals surface area contributed by atoms with Crippen molar-refractivity contribution in [2.24, 2.45) is 0 Å². The highest BCUT2D eigenvalue weighted by molar-refractivity contribution is 4.91. The fourth-order valence-corrected chi connectivity index (χ4v) is 1.90. The van der Waals surface area contributed by atoms with Gasteiger partial charge in [-0.2, -0.15) is 0 Å². The summed E-state index contributed by atoms with van der Waals surface area (Å²) in [4.78, 5) is 2.47. The maximum atomic E-state index is 3.51. The van der Waals surface area contributed by atoms with E-state index in [9.17, 15) is 0 Å². The van der Waals surface area contributed by atoms with Crippen LogP contribution in [-0.2, 0) is 0 Å². The molecule has 2 atom stereocenters. The molecule has 0 aromatic heterocycles. The molecule has 2 nitrogen and oxygen atoms in total. The normalized spacial score (nSPS) is 36.3. The van der Waals surface area contributed by atoms with Crippen LogP contribution in [0.1, 0.15) is 26.7 Å². The average molecular weight is 156 g/mol. The molecule has 2 aliphatic rings. The van der Waals surface area contributed by atoms with E-state index in [0.29, 0.717) is 0 Å². The van der Waals surface area contributed by atoms with Crippen molar-refractivity contribution in [3.05, 3.63) is 0 Å². The minimum Gasteiger partial charge on any atom is -0.312 e. The number of likely N-dealkylation sites (tertiary alicyclic amines) is 1. The van der Waals surface area contributed by atoms with E-state index >= 15 is 0 Å². The topological polar surface area (TPSA) is 15.3 Å². The standard InChI is InChI=1S/C7H14N2.C2H6/c1-9-3-2-6-4-7(9)5-8-6;1-2/h6-8H,2-5H2,1H3;1-2H3/t6?,7-;/m0./s1. The molecule has 0 aromatic rings. The van der Waals surface area contributed by atoms with E-state index in [1.54, 1.807) is 0 Å². The third kappa shape index (κ3) is 1.94. The van der Waals surface area contributed by atoms with Crippen molar-refractivity contribution in [1.29, 1.82) is 0 Å². The van der Waals surface area contributed by atoms with Crippen molar-refractivity contribution in [3.63, 3.8) is 0 Å². The van der Waals surface area contributed by atoms with Gasteiger partial charge in [0.2, 0.25) is 0 Å². The molecule has 0 aromatic carbocycles. The lowest BCUT2D eigenvalue weighted by Gasteiger charge is -2.28. The summed E-state index contributed by atoms with van der Waals surface area (Å²) in [5.41, 5.74) is 0. The summed E-state index contributed by atoms with van der Waals surface area (Å²) in [5, 5.41) is 3.51. The molecule has 2 rings (SSSR count). The van der Waals surface area contributed by atoms with Crippen LogP contribution in [0.5, 0.6) is 0 Å². The first-order chi connectivity index (χ1) is 5.36. The Morgan fingerprint density at radius 1 is 1.36 bits per heavy atom. The van der Waals surface area contributed by atoms with Crippen LogP contribution >= 0.6 is 0 Å². The van der Waals surface area contributed by atoms with E-state index in [1.807, 2.05) is 13.8 Å². The highest BCUT2D eigenvalue weighted by Crippen LogP contribution is 2.20. The Kier molecular flexibility index (Phi) is 3.34. The Labute approximate surface area is 70.0 Å². The van der Waals surface area contributed by atoms with Gasteiger partial charge in [-0.05, 0) is 26.4 Å². The molecule has 2 bridgehead atoms. The maximum Gasteiger partial charge on any atom is 0.0232 e. The molecule has 0 radical (unpaired) electrons. The zero-order chi connectivity index (χ0) is 8.27. The van der Waals surface area contributed by atoms with Gasteiger partial charge in [0, 0.05) is 18.6 Å². The molecule has 0 saturated carbocycles. The molecule has 2 aliphatic heterocycles. The highest BCUT2D eigenvalue weighted by Gasteiger charge is 2.31. The summed E-state index contributed by atoms with van der Waals surface area (Å²) >= 11 is 0. The molecular weight excluding hydrogens is 136 g/mol. The molecule has 2 fully saturated rings. The van der Waals surface area contributed by atoms with Gasteiger partial charge in [0.05, 0.1) is 0 Å². The quantitative estimate of drug-likeness (QED) is 0.564. The second-order valence-corrected chi connectivity index (χ2v) is 3.26. The lowest BCUT2D eigenvalue weighted by Crippen LogP contribution is -2.37. The first-order valence-corrected chi connectivity index (χ1v) is 4.80. The second-order valence-electron chi connectivity index (χ2n) is 3.26. The highest BCUT2D eigenvalue weighted by atomic mass is 15.2. The van der Waals surface area contributed by atoms with Gasteiger partial charge in [-0.25, -0.2) is 0 Å². The molecule has 2 heterocycles. The van der Waals surface area contributed by atoms with Crippen molar-refractivity contribution in [1.82, 2.24) is 10.2 Å². The lowest BCUT2D eigenvalue weighted by atomic mass is 10.0. The summed E-state index contributed by atoms with van der Waals surface area (Å²) in [6.07, 6.45) is 2.74. The Morgan fingerprint density at radius 2 is 2.09 bits per heavy atom. The Hall–Kier alpha value is -0.0800. The van der Waals surface area contributed by atoms with E-state index in [4.69, 9.17) is 0 Å². The molecule has 1 unspecified atom stereocenters. The minimum absolute atomic E-state index is 0.851. The van der Waals surface area contributed by atoms with Gasteiger partial charge in [-0.1, -0.05) is 13.8 Å². The van der Waals surface area contributed by atoms with Crippen LogP contribution in [0.4, 0.5) is 0 Å². The number of fused-ring (bicyclic) bond motifs is 2. The minimum atomic E-state index is 0.851. The van der Waals surface area contributed by atoms with Gasteiger partial charge < -0.3 is 10.2 Å². The first-order valence-electron chi connectivity index (χ1n) is 4.80. The molecule has 1 N–H and O–H groups in total. The van der Waals surface area contributed by atoms with Gasteiger partial charge in [0.15, 0.2) is 0 Å². The number of piperidine rings is 1. The predicted molar refractivity (Wildman–Crippen MR) is 48.8 cm³/mol. The van der Waals surface area contributed by atoms with Crippen LogP contribution in [0, 0.1) is 0 Å². The molecular formula is C9H20N2. The van der Waals surface area contributed by atoms with Crippen LogP contribution in [0.15, 0.2) is 0 Å². The van der Waals surface area contributed by atoms with Crippen LogP contribution in [0.2, 0.25) is 0 Å². The third-order valence-electron chi connectivity index (χ3n) is 2.65. The number of nitrogens with zero attached hydrogens (tertiary/aromatic N) is 1. The zero-order valence-electron chi connectivity index (χ0n) is 7.93. The molecule has 2 saturated heterocycles. The zero-order valence-corrected chi connectivity index (χ0v) is 7.93. The van der Waals surface area contributed by atoms with Gasteiger partial charge in [0.1, 0.15) is 0 Å². The van der Waals surface area contributed by atoms with Gasteiger partial charge in [0.25, 0.3) is 0 Å². The monoisotopic (exact) mass is 156 g/mol. The molecule has 2 heteroatoms. The second kappa shape index (κ2) is 4.07. The lowest BCUT2D eigenvalue weighted by molar-refractivity contribution is 0.218. The fraction of sp³-hybridized carbons (Fsp3) is 1.00. The summed E-state index contributed by atoms with van der Waals surface area (Å²) < 4.78 is 0. The van der Waals surface area contributed by atoms with Crippen molar-refractivity contribution in [2.45, 2.75) is 38.8 Å². The molecule has 11 heavy (non-hydrogen) atoms. The van der Waals surface area contributed by atoms with Crippen molar-refractivity contribution in [2.75, 3.05) is 20.1 Å². The van der Waals surface area contributed by atoms with Crippen molar-refractivity contribution < 1.29 is 0 Å². The first kappa shape index (κ1) is 9.01. The fourth-order valence-electron chi connectivity index (χ4n) is 1.90. The van der Waals surface area contributed by atoms with E-state index in [-0.39, 0.29) is 0 Å². The van der Waals surface area contributed by atoms with Crippen molar-refractivity contribution in [3.8, 4) is 0 Å². The van der Waals surface area contributed by atoms with Gasteiger partial charge in [-0.3, -0.25) is 0 Å². The smallest absolute Gasteiger partial charge is 0.0232 e. The summed E-state index contributed by atoms with van der Waals surface area (Å²) in [5.74, 6) is 0. The van der Waals surface area contributed by atoms with E-state index in [1.165, 1.54) is 25.9 Å². The van der Waals surface area contributed by atoms with E-state index in [0.717, 1.165) is 12.1 Å². The van der Waals surface area contributed by atoms with Gasteiger partial charge in [-0.15, -0.1) is 0 Å². The third-order valence-corrected chi connectivity index (χ3v) is 2.65. The summed E-state index contributed by atoms with van der Waals surface area (Å²) in [7, 11) is 2.23. The summed E-state index contributed by atoms with van der Waals surface area (Å²) in [6, 6.07) is 1.70. The molecule has 66 valence electrons. The Balaban J connectivity index is 0.000000281. The van der Waals surface area contributed by atoms with E-state index in [2.05, 4.69) is 17.3 Å². The van der Waals surface area contributed by atoms with Gasteiger partial charge >= 0.3 is 0 Å². The maximum absolute atomic E-state index is 3.51. The number of likely N-dealkylation sites (N-methyl/N-ethyl adjacent to an activating group) is 1. The molecule has 0 aliphatic carbocycles. The number of hydrogen-bond acceptors (Lipinski definition) is 2. The predicted octanol–water partition coefficient (Wildman–Crippen LogP) is 1.08. The average Bonchev–Trinajstić information content (AvgIpc) is 2.46. The van der Waals surface area contributed by atoms with Crippen molar-refractivity contribution >= 4 is 0 Å². The van der Waals surface area contributed by atoms with E-state index < -0.39 is 0 Å². The number of nitrogens with one attached hydrogen (secondary N) is 1. The molecule has 0 spiro atoms. The summed E-state index contributed by atoms with van der Waals surface area (Å²) in [6.45, 7) is 6.52.